The normalized spacial score (nSPS) is 39.5. The van der Waals surface area contributed by atoms with Crippen LogP contribution in [0.25, 0.3) is 0 Å². The van der Waals surface area contributed by atoms with E-state index in [1.807, 2.05) is 0 Å². The molecule has 74 valence electrons. The third kappa shape index (κ3) is 2.00. The highest BCUT2D eigenvalue weighted by molar-refractivity contribution is 5.78. The molecule has 2 heterocycles. The SMILES string of the molecule is CC1OCCC1NC1CNC(=O)C1. The Morgan fingerprint density at radius 2 is 2.46 bits per heavy atom. The van der Waals surface area contributed by atoms with Crippen molar-refractivity contribution in [2.75, 3.05) is 13.2 Å². The lowest BCUT2D eigenvalue weighted by molar-refractivity contribution is -0.119. The molecule has 0 aliphatic carbocycles. The summed E-state index contributed by atoms with van der Waals surface area (Å²) in [4.78, 5) is 10.9. The van der Waals surface area contributed by atoms with Crippen molar-refractivity contribution in [2.45, 2.75) is 38.0 Å². The van der Waals surface area contributed by atoms with Crippen molar-refractivity contribution in [3.63, 3.8) is 0 Å². The average molecular weight is 184 g/mol. The lowest BCUT2D eigenvalue weighted by Gasteiger charge is -2.19. The molecule has 2 aliphatic heterocycles. The van der Waals surface area contributed by atoms with Crippen LogP contribution in [-0.2, 0) is 9.53 Å². The second-order valence-corrected chi connectivity index (χ2v) is 3.84. The quantitative estimate of drug-likeness (QED) is 0.616. The number of hydrogen-bond acceptors (Lipinski definition) is 3. The first-order valence-corrected chi connectivity index (χ1v) is 4.90. The van der Waals surface area contributed by atoms with Gasteiger partial charge in [0.1, 0.15) is 0 Å². The molecule has 2 fully saturated rings. The lowest BCUT2D eigenvalue weighted by atomic mass is 10.1. The molecule has 0 aromatic heterocycles. The van der Waals surface area contributed by atoms with Gasteiger partial charge in [0.05, 0.1) is 6.10 Å². The summed E-state index contributed by atoms with van der Waals surface area (Å²) in [5, 5.41) is 6.27. The van der Waals surface area contributed by atoms with E-state index in [-0.39, 0.29) is 12.0 Å². The van der Waals surface area contributed by atoms with Crippen molar-refractivity contribution in [1.82, 2.24) is 10.6 Å². The monoisotopic (exact) mass is 184 g/mol. The van der Waals surface area contributed by atoms with Gasteiger partial charge < -0.3 is 15.4 Å². The summed E-state index contributed by atoms with van der Waals surface area (Å²) in [6.45, 7) is 3.68. The van der Waals surface area contributed by atoms with Gasteiger partial charge in [0, 0.05) is 31.7 Å². The zero-order valence-corrected chi connectivity index (χ0v) is 7.88. The standard InChI is InChI=1S/C9H16N2O2/c1-6-8(2-3-13-6)11-7-4-9(12)10-5-7/h6-8,11H,2-5H2,1H3,(H,10,12). The molecule has 2 aliphatic rings. The Kier molecular flexibility index (Phi) is 2.51. The summed E-state index contributed by atoms with van der Waals surface area (Å²) in [5.41, 5.74) is 0. The van der Waals surface area contributed by atoms with E-state index in [0.717, 1.165) is 19.6 Å². The Labute approximate surface area is 78.0 Å². The van der Waals surface area contributed by atoms with Crippen LogP contribution in [-0.4, -0.2) is 37.2 Å². The minimum Gasteiger partial charge on any atom is -0.377 e. The molecular formula is C9H16N2O2. The third-order valence-electron chi connectivity index (χ3n) is 2.80. The van der Waals surface area contributed by atoms with Crippen LogP contribution in [0.4, 0.5) is 0 Å². The smallest absolute Gasteiger partial charge is 0.221 e. The largest absolute Gasteiger partial charge is 0.377 e. The summed E-state index contributed by atoms with van der Waals surface area (Å²) in [6, 6.07) is 0.736. The van der Waals surface area contributed by atoms with Crippen LogP contribution in [0.15, 0.2) is 0 Å². The Hall–Kier alpha value is -0.610. The zero-order chi connectivity index (χ0) is 9.26. The van der Waals surface area contributed by atoms with Crippen LogP contribution >= 0.6 is 0 Å². The molecule has 2 rings (SSSR count). The molecule has 0 spiro atoms. The predicted molar refractivity (Wildman–Crippen MR) is 48.4 cm³/mol. The topological polar surface area (TPSA) is 50.4 Å². The van der Waals surface area contributed by atoms with Crippen molar-refractivity contribution in [1.29, 1.82) is 0 Å². The highest BCUT2D eigenvalue weighted by atomic mass is 16.5. The Morgan fingerprint density at radius 3 is 3.00 bits per heavy atom. The first-order valence-electron chi connectivity index (χ1n) is 4.90. The molecule has 4 heteroatoms. The van der Waals surface area contributed by atoms with Gasteiger partial charge in [-0.2, -0.15) is 0 Å². The number of carbonyl (C=O) groups excluding carboxylic acids is 1. The van der Waals surface area contributed by atoms with Gasteiger partial charge in [0.15, 0.2) is 0 Å². The van der Waals surface area contributed by atoms with E-state index in [1.54, 1.807) is 0 Å². The second kappa shape index (κ2) is 3.64. The summed E-state index contributed by atoms with van der Waals surface area (Å²) in [7, 11) is 0. The highest BCUT2D eigenvalue weighted by Gasteiger charge is 2.29. The molecule has 2 saturated heterocycles. The third-order valence-corrected chi connectivity index (χ3v) is 2.80. The van der Waals surface area contributed by atoms with Crippen LogP contribution in [0.1, 0.15) is 19.8 Å². The van der Waals surface area contributed by atoms with Crippen molar-refractivity contribution in [2.24, 2.45) is 0 Å². The van der Waals surface area contributed by atoms with E-state index < -0.39 is 0 Å². The van der Waals surface area contributed by atoms with Crippen molar-refractivity contribution >= 4 is 5.91 Å². The molecule has 0 aromatic rings. The summed E-state index contributed by atoms with van der Waals surface area (Å²) in [5.74, 6) is 0.157. The lowest BCUT2D eigenvalue weighted by Crippen LogP contribution is -2.42. The number of ether oxygens (including phenoxy) is 1. The Morgan fingerprint density at radius 1 is 1.62 bits per heavy atom. The molecule has 3 unspecified atom stereocenters. The van der Waals surface area contributed by atoms with Crippen LogP contribution in [0.5, 0.6) is 0 Å². The molecule has 3 atom stereocenters. The van der Waals surface area contributed by atoms with Gasteiger partial charge in [-0.25, -0.2) is 0 Å². The van der Waals surface area contributed by atoms with E-state index in [2.05, 4.69) is 17.6 Å². The van der Waals surface area contributed by atoms with Gasteiger partial charge in [-0.3, -0.25) is 4.79 Å². The second-order valence-electron chi connectivity index (χ2n) is 3.84. The predicted octanol–water partition coefficient (Wildman–Crippen LogP) is -0.358. The Balaban J connectivity index is 1.80. The average Bonchev–Trinajstić information content (AvgIpc) is 2.64. The first-order chi connectivity index (χ1) is 6.25. The Bertz CT molecular complexity index is 208. The van der Waals surface area contributed by atoms with Gasteiger partial charge in [-0.15, -0.1) is 0 Å². The number of nitrogens with one attached hydrogen (secondary N) is 2. The van der Waals surface area contributed by atoms with Crippen LogP contribution in [0.3, 0.4) is 0 Å². The van der Waals surface area contributed by atoms with Crippen molar-refractivity contribution in [3.8, 4) is 0 Å². The molecule has 1 amide bonds. The van der Waals surface area contributed by atoms with E-state index >= 15 is 0 Å². The van der Waals surface area contributed by atoms with Crippen LogP contribution in [0.2, 0.25) is 0 Å². The highest BCUT2D eigenvalue weighted by Crippen LogP contribution is 2.14. The zero-order valence-electron chi connectivity index (χ0n) is 7.88. The van der Waals surface area contributed by atoms with E-state index in [0.29, 0.717) is 18.5 Å². The summed E-state index contributed by atoms with van der Waals surface area (Å²) >= 11 is 0. The van der Waals surface area contributed by atoms with Crippen molar-refractivity contribution < 1.29 is 9.53 Å². The number of rotatable bonds is 2. The van der Waals surface area contributed by atoms with Gasteiger partial charge in [0.2, 0.25) is 5.91 Å². The van der Waals surface area contributed by atoms with Gasteiger partial charge in [0.25, 0.3) is 0 Å². The molecule has 0 bridgehead atoms. The minimum atomic E-state index is 0.157. The number of amides is 1. The van der Waals surface area contributed by atoms with Gasteiger partial charge in [-0.05, 0) is 13.3 Å². The molecular weight excluding hydrogens is 168 g/mol. The number of carbonyl (C=O) groups is 1. The molecule has 4 nitrogen and oxygen atoms in total. The first kappa shape index (κ1) is 8.97. The molecule has 0 aromatic carbocycles. The van der Waals surface area contributed by atoms with Gasteiger partial charge >= 0.3 is 0 Å². The molecule has 0 saturated carbocycles. The van der Waals surface area contributed by atoms with Crippen molar-refractivity contribution in [3.05, 3.63) is 0 Å². The number of hydrogen-bond donors (Lipinski definition) is 2. The molecule has 13 heavy (non-hydrogen) atoms. The fourth-order valence-corrected chi connectivity index (χ4v) is 1.98. The maximum Gasteiger partial charge on any atom is 0.221 e. The fourth-order valence-electron chi connectivity index (χ4n) is 1.98. The minimum absolute atomic E-state index is 0.157. The van der Waals surface area contributed by atoms with E-state index in [9.17, 15) is 4.79 Å². The van der Waals surface area contributed by atoms with Gasteiger partial charge in [-0.1, -0.05) is 0 Å². The molecule has 2 N–H and O–H groups in total. The maximum absolute atomic E-state index is 10.9. The van der Waals surface area contributed by atoms with Crippen LogP contribution < -0.4 is 10.6 Å². The molecule has 0 radical (unpaired) electrons. The summed E-state index contributed by atoms with van der Waals surface area (Å²) in [6.07, 6.45) is 1.96. The summed E-state index contributed by atoms with van der Waals surface area (Å²) < 4.78 is 5.43. The fraction of sp³-hybridized carbons (Fsp3) is 0.889. The van der Waals surface area contributed by atoms with E-state index in [1.165, 1.54) is 0 Å². The maximum atomic E-state index is 10.9. The van der Waals surface area contributed by atoms with Crippen LogP contribution in [0, 0.1) is 0 Å². The van der Waals surface area contributed by atoms with E-state index in [4.69, 9.17) is 4.74 Å².